The zero-order valence-electron chi connectivity index (χ0n) is 15.4. The zero-order valence-corrected chi connectivity index (χ0v) is 15.4. The predicted octanol–water partition coefficient (Wildman–Crippen LogP) is 2.92. The lowest BCUT2D eigenvalue weighted by atomic mass is 9.81. The number of fused-ring (bicyclic) bond motifs is 1. The average molecular weight is 361 g/mol. The molecule has 1 amide bonds. The van der Waals surface area contributed by atoms with Gasteiger partial charge in [0.1, 0.15) is 17.6 Å². The summed E-state index contributed by atoms with van der Waals surface area (Å²) in [4.78, 5) is 23.7. The first kappa shape index (κ1) is 18.5. The Balaban J connectivity index is 1.66. The van der Waals surface area contributed by atoms with Crippen LogP contribution in [0.3, 0.4) is 0 Å². The highest BCUT2D eigenvalue weighted by Gasteiger charge is 2.31. The van der Waals surface area contributed by atoms with Crippen LogP contribution in [0.5, 0.6) is 11.5 Å². The van der Waals surface area contributed by atoms with Crippen molar-refractivity contribution in [3.05, 3.63) is 23.3 Å². The maximum atomic E-state index is 12.5. The number of benzene rings is 1. The van der Waals surface area contributed by atoms with Gasteiger partial charge in [0.05, 0.1) is 12.5 Å². The summed E-state index contributed by atoms with van der Waals surface area (Å²) in [6.45, 7) is 4.87. The summed E-state index contributed by atoms with van der Waals surface area (Å²) >= 11 is 0. The molecule has 0 saturated heterocycles. The van der Waals surface area contributed by atoms with Crippen LogP contribution < -0.4 is 14.8 Å². The Morgan fingerprint density at radius 2 is 2.08 bits per heavy atom. The van der Waals surface area contributed by atoms with Gasteiger partial charge < -0.3 is 19.9 Å². The van der Waals surface area contributed by atoms with Crippen LogP contribution in [0.25, 0.3) is 0 Å². The molecule has 6 nitrogen and oxygen atoms in total. The number of ether oxygens (including phenoxy) is 2. The number of aliphatic carboxylic acids is 1. The fourth-order valence-electron chi connectivity index (χ4n) is 3.89. The summed E-state index contributed by atoms with van der Waals surface area (Å²) in [5, 5.41) is 12.2. The van der Waals surface area contributed by atoms with Gasteiger partial charge in [-0.25, -0.2) is 0 Å². The predicted molar refractivity (Wildman–Crippen MR) is 96.3 cm³/mol. The zero-order chi connectivity index (χ0) is 18.7. The molecule has 3 unspecified atom stereocenters. The minimum Gasteiger partial charge on any atom is -0.494 e. The number of hydrogen-bond acceptors (Lipinski definition) is 4. The van der Waals surface area contributed by atoms with Crippen molar-refractivity contribution in [1.29, 1.82) is 0 Å². The molecule has 3 rings (SSSR count). The van der Waals surface area contributed by atoms with Gasteiger partial charge in [0, 0.05) is 30.0 Å². The van der Waals surface area contributed by atoms with Crippen LogP contribution in [0.2, 0.25) is 0 Å². The molecule has 0 spiro atoms. The summed E-state index contributed by atoms with van der Waals surface area (Å²) in [6.07, 6.45) is 3.63. The lowest BCUT2D eigenvalue weighted by molar-refractivity contribution is -0.144. The monoisotopic (exact) mass is 361 g/mol. The van der Waals surface area contributed by atoms with Gasteiger partial charge in [-0.3, -0.25) is 9.59 Å². The van der Waals surface area contributed by atoms with E-state index in [9.17, 15) is 14.7 Å². The highest BCUT2D eigenvalue weighted by molar-refractivity contribution is 5.80. The fraction of sp³-hybridized carbons (Fsp3) is 0.600. The Morgan fingerprint density at radius 3 is 2.81 bits per heavy atom. The molecule has 3 atom stereocenters. The normalized spacial score (nSPS) is 24.5. The summed E-state index contributed by atoms with van der Waals surface area (Å²) < 4.78 is 11.5. The number of carboxylic acid groups (broad SMARTS) is 1. The van der Waals surface area contributed by atoms with Crippen LogP contribution in [0, 0.1) is 11.8 Å². The second-order valence-corrected chi connectivity index (χ2v) is 7.25. The van der Waals surface area contributed by atoms with Crippen LogP contribution in [0.4, 0.5) is 0 Å². The van der Waals surface area contributed by atoms with Crippen molar-refractivity contribution < 1.29 is 24.2 Å². The van der Waals surface area contributed by atoms with E-state index in [1.54, 1.807) is 0 Å². The summed E-state index contributed by atoms with van der Waals surface area (Å²) in [6, 6.07) is 3.95. The molecule has 6 heteroatoms. The molecule has 1 saturated carbocycles. The molecule has 1 aromatic rings. The largest absolute Gasteiger partial charge is 0.494 e. The van der Waals surface area contributed by atoms with E-state index in [1.165, 1.54) is 0 Å². The molecule has 0 aromatic heterocycles. The van der Waals surface area contributed by atoms with Crippen molar-refractivity contribution in [3.63, 3.8) is 0 Å². The maximum Gasteiger partial charge on any atom is 0.306 e. The minimum atomic E-state index is -0.800. The van der Waals surface area contributed by atoms with E-state index in [2.05, 4.69) is 5.32 Å². The van der Waals surface area contributed by atoms with Crippen LogP contribution in [-0.2, 0) is 22.6 Å². The van der Waals surface area contributed by atoms with Crippen molar-refractivity contribution in [2.75, 3.05) is 6.61 Å². The molecule has 26 heavy (non-hydrogen) atoms. The Labute approximate surface area is 153 Å². The molecular weight excluding hydrogens is 334 g/mol. The first-order valence-electron chi connectivity index (χ1n) is 9.43. The van der Waals surface area contributed by atoms with Gasteiger partial charge in [0.2, 0.25) is 5.91 Å². The number of amides is 1. The molecule has 1 aliphatic carbocycles. The molecule has 0 radical (unpaired) electrons. The number of nitrogens with one attached hydrogen (secondary N) is 1. The first-order valence-corrected chi connectivity index (χ1v) is 9.43. The molecule has 142 valence electrons. The van der Waals surface area contributed by atoms with Crippen molar-refractivity contribution in [3.8, 4) is 11.5 Å². The smallest absolute Gasteiger partial charge is 0.306 e. The molecule has 2 N–H and O–H groups in total. The van der Waals surface area contributed by atoms with Gasteiger partial charge >= 0.3 is 5.97 Å². The highest BCUT2D eigenvalue weighted by atomic mass is 16.5. The Morgan fingerprint density at radius 1 is 1.31 bits per heavy atom. The van der Waals surface area contributed by atoms with Gasteiger partial charge in [-0.1, -0.05) is 6.42 Å². The topological polar surface area (TPSA) is 84.9 Å². The molecule has 1 fully saturated rings. The first-order chi connectivity index (χ1) is 12.5. The number of hydrogen-bond donors (Lipinski definition) is 2. The molecule has 1 aliphatic heterocycles. The standard InChI is InChI=1S/C20H27NO5/c1-3-25-17-9-15-7-12(2)26-18(15)10-16(17)11-21-19(22)13-5-4-6-14(8-13)20(23)24/h9-10,12-14H,3-8,11H2,1-2H3,(H,21,22)(H,23,24). The molecule has 2 aliphatic rings. The van der Waals surface area contributed by atoms with E-state index in [4.69, 9.17) is 9.47 Å². The van der Waals surface area contributed by atoms with Crippen LogP contribution >= 0.6 is 0 Å². The van der Waals surface area contributed by atoms with Gasteiger partial charge in [-0.15, -0.1) is 0 Å². The van der Waals surface area contributed by atoms with E-state index in [0.717, 1.165) is 41.9 Å². The van der Waals surface area contributed by atoms with Crippen LogP contribution in [0.15, 0.2) is 12.1 Å². The van der Waals surface area contributed by atoms with Crippen molar-refractivity contribution in [2.24, 2.45) is 11.8 Å². The molecule has 1 aromatic carbocycles. The Kier molecular flexibility index (Phi) is 5.69. The fourth-order valence-corrected chi connectivity index (χ4v) is 3.89. The number of carboxylic acids is 1. The Bertz CT molecular complexity index is 687. The third-order valence-corrected chi connectivity index (χ3v) is 5.23. The van der Waals surface area contributed by atoms with Crippen molar-refractivity contribution in [1.82, 2.24) is 5.32 Å². The third kappa shape index (κ3) is 4.11. The lowest BCUT2D eigenvalue weighted by Crippen LogP contribution is -2.35. The van der Waals surface area contributed by atoms with Crippen molar-refractivity contribution >= 4 is 11.9 Å². The maximum absolute atomic E-state index is 12.5. The van der Waals surface area contributed by atoms with E-state index in [1.807, 2.05) is 26.0 Å². The molecule has 1 heterocycles. The second-order valence-electron chi connectivity index (χ2n) is 7.25. The summed E-state index contributed by atoms with van der Waals surface area (Å²) in [7, 11) is 0. The quantitative estimate of drug-likeness (QED) is 0.814. The van der Waals surface area contributed by atoms with E-state index >= 15 is 0 Å². The van der Waals surface area contributed by atoms with Gasteiger partial charge in [0.25, 0.3) is 0 Å². The highest BCUT2D eigenvalue weighted by Crippen LogP contribution is 2.35. The Hall–Kier alpha value is -2.24. The second kappa shape index (κ2) is 7.98. The van der Waals surface area contributed by atoms with Crippen molar-refractivity contribution in [2.45, 2.75) is 58.6 Å². The SMILES string of the molecule is CCOc1cc2c(cc1CNC(=O)C1CCCC(C(=O)O)C1)OC(C)C2. The van der Waals surface area contributed by atoms with Gasteiger partial charge in [0.15, 0.2) is 0 Å². The number of carbonyl (C=O) groups is 2. The van der Waals surface area contributed by atoms with Crippen LogP contribution in [-0.4, -0.2) is 29.7 Å². The lowest BCUT2D eigenvalue weighted by Gasteiger charge is -2.25. The van der Waals surface area contributed by atoms with E-state index < -0.39 is 11.9 Å². The minimum absolute atomic E-state index is 0.0758. The average Bonchev–Trinajstić information content (AvgIpc) is 2.98. The number of carbonyl (C=O) groups excluding carboxylic acids is 1. The number of rotatable bonds is 6. The van der Waals surface area contributed by atoms with E-state index in [-0.39, 0.29) is 17.9 Å². The summed E-state index contributed by atoms with van der Waals surface area (Å²) in [5.74, 6) is 0.115. The van der Waals surface area contributed by atoms with E-state index in [0.29, 0.717) is 26.0 Å². The van der Waals surface area contributed by atoms with Gasteiger partial charge in [-0.05, 0) is 45.2 Å². The molecular formula is C20H27NO5. The van der Waals surface area contributed by atoms with Gasteiger partial charge in [-0.2, -0.15) is 0 Å². The van der Waals surface area contributed by atoms with Crippen LogP contribution in [0.1, 0.15) is 50.7 Å². The molecule has 0 bridgehead atoms. The third-order valence-electron chi connectivity index (χ3n) is 5.23. The summed E-state index contributed by atoms with van der Waals surface area (Å²) in [5.41, 5.74) is 2.02.